The predicted molar refractivity (Wildman–Crippen MR) is 95.7 cm³/mol. The van der Waals surface area contributed by atoms with Crippen molar-refractivity contribution in [2.24, 2.45) is 0 Å². The van der Waals surface area contributed by atoms with Gasteiger partial charge in [-0.2, -0.15) is 0 Å². The molecule has 122 valence electrons. The number of aryl methyl sites for hydroxylation is 2. The molecule has 24 heavy (non-hydrogen) atoms. The molecule has 0 radical (unpaired) electrons. The third-order valence-corrected chi connectivity index (χ3v) is 4.69. The fourth-order valence-electron chi connectivity index (χ4n) is 2.13. The molecule has 0 spiro atoms. The second-order valence-electron chi connectivity index (χ2n) is 5.39. The number of carbonyl (C=O) groups excluding carboxylic acids is 1. The quantitative estimate of drug-likeness (QED) is 0.475. The Morgan fingerprint density at radius 3 is 2.71 bits per heavy atom. The number of nitrogens with zero attached hydrogens (tertiary/aromatic N) is 2. The lowest BCUT2D eigenvalue weighted by atomic mass is 10.0. The molecule has 0 saturated heterocycles. The van der Waals surface area contributed by atoms with Crippen molar-refractivity contribution in [2.45, 2.75) is 19.1 Å². The summed E-state index contributed by atoms with van der Waals surface area (Å²) in [5.74, 6) is 0.670. The zero-order valence-electron chi connectivity index (χ0n) is 13.2. The maximum absolute atomic E-state index is 12.3. The van der Waals surface area contributed by atoms with Crippen LogP contribution in [-0.4, -0.2) is 21.7 Å². The van der Waals surface area contributed by atoms with Crippen LogP contribution in [0.5, 0.6) is 0 Å². The minimum atomic E-state index is 0.0330. The number of thioether (sulfide) groups is 1. The van der Waals surface area contributed by atoms with Crippen LogP contribution in [0.3, 0.4) is 0 Å². The smallest absolute Gasteiger partial charge is 0.277 e. The number of benzene rings is 2. The van der Waals surface area contributed by atoms with E-state index in [1.54, 1.807) is 12.1 Å². The molecule has 0 atom stereocenters. The van der Waals surface area contributed by atoms with Crippen molar-refractivity contribution < 1.29 is 9.21 Å². The SMILES string of the molecule is Cc1ccc(C(=O)CSc2nnc(-c3cccc(Cl)c3)o2)cc1C. The Balaban J connectivity index is 1.67. The summed E-state index contributed by atoms with van der Waals surface area (Å²) in [7, 11) is 0. The first-order valence-corrected chi connectivity index (χ1v) is 8.72. The normalized spacial score (nSPS) is 10.8. The Morgan fingerprint density at radius 1 is 1.12 bits per heavy atom. The van der Waals surface area contributed by atoms with Gasteiger partial charge in [0.15, 0.2) is 5.78 Å². The van der Waals surface area contributed by atoms with E-state index in [0.717, 1.165) is 11.1 Å². The van der Waals surface area contributed by atoms with Gasteiger partial charge in [-0.25, -0.2) is 0 Å². The van der Waals surface area contributed by atoms with Crippen molar-refractivity contribution in [2.75, 3.05) is 5.75 Å². The molecule has 0 aliphatic heterocycles. The average Bonchev–Trinajstić information content (AvgIpc) is 3.04. The molecule has 0 aliphatic carbocycles. The Labute approximate surface area is 149 Å². The fraction of sp³-hybridized carbons (Fsp3) is 0.167. The monoisotopic (exact) mass is 358 g/mol. The number of hydrogen-bond donors (Lipinski definition) is 0. The molecule has 3 aromatic rings. The van der Waals surface area contributed by atoms with Crippen LogP contribution in [0.1, 0.15) is 21.5 Å². The largest absolute Gasteiger partial charge is 0.411 e. The summed E-state index contributed by atoms with van der Waals surface area (Å²) >= 11 is 7.19. The zero-order chi connectivity index (χ0) is 17.1. The van der Waals surface area contributed by atoms with Gasteiger partial charge in [-0.05, 0) is 49.2 Å². The molecule has 3 rings (SSSR count). The highest BCUT2D eigenvalue weighted by molar-refractivity contribution is 7.99. The van der Waals surface area contributed by atoms with Gasteiger partial charge < -0.3 is 4.42 Å². The first-order valence-electron chi connectivity index (χ1n) is 7.35. The number of halogens is 1. The van der Waals surface area contributed by atoms with Gasteiger partial charge in [-0.15, -0.1) is 10.2 Å². The van der Waals surface area contributed by atoms with Crippen LogP contribution in [0.2, 0.25) is 5.02 Å². The van der Waals surface area contributed by atoms with Gasteiger partial charge >= 0.3 is 0 Å². The number of rotatable bonds is 5. The number of hydrogen-bond acceptors (Lipinski definition) is 5. The fourth-order valence-corrected chi connectivity index (χ4v) is 2.98. The molecule has 1 aromatic heterocycles. The van der Waals surface area contributed by atoms with E-state index in [-0.39, 0.29) is 11.5 Å². The van der Waals surface area contributed by atoms with Gasteiger partial charge in [0, 0.05) is 16.1 Å². The Kier molecular flexibility index (Phi) is 5.02. The molecular weight excluding hydrogens is 344 g/mol. The minimum absolute atomic E-state index is 0.0330. The summed E-state index contributed by atoms with van der Waals surface area (Å²) in [6.07, 6.45) is 0. The lowest BCUT2D eigenvalue weighted by Crippen LogP contribution is -2.03. The maximum Gasteiger partial charge on any atom is 0.277 e. The van der Waals surface area contributed by atoms with Gasteiger partial charge in [-0.1, -0.05) is 41.6 Å². The van der Waals surface area contributed by atoms with Crippen molar-refractivity contribution in [3.05, 3.63) is 64.2 Å². The number of Topliss-reactive ketones (excluding diaryl/α,β-unsaturated/α-hetero) is 1. The van der Waals surface area contributed by atoms with E-state index in [4.69, 9.17) is 16.0 Å². The van der Waals surface area contributed by atoms with Gasteiger partial charge in [0.05, 0.1) is 5.75 Å². The number of carbonyl (C=O) groups is 1. The van der Waals surface area contributed by atoms with E-state index < -0.39 is 0 Å². The first kappa shape index (κ1) is 16.7. The van der Waals surface area contributed by atoms with Gasteiger partial charge in [0.25, 0.3) is 5.22 Å². The van der Waals surface area contributed by atoms with Crippen LogP contribution < -0.4 is 0 Å². The molecule has 0 N–H and O–H groups in total. The van der Waals surface area contributed by atoms with E-state index in [1.807, 2.05) is 44.2 Å². The summed E-state index contributed by atoms with van der Waals surface area (Å²) in [4.78, 5) is 12.3. The maximum atomic E-state index is 12.3. The standard InChI is InChI=1S/C18H15ClN2O2S/c1-11-6-7-13(8-12(11)2)16(22)10-24-18-21-20-17(23-18)14-4-3-5-15(19)9-14/h3-9H,10H2,1-2H3. The van der Waals surface area contributed by atoms with Gasteiger partial charge in [0.1, 0.15) is 0 Å². The highest BCUT2D eigenvalue weighted by Crippen LogP contribution is 2.25. The number of ketones is 1. The molecule has 0 bridgehead atoms. The van der Waals surface area contributed by atoms with Crippen LogP contribution >= 0.6 is 23.4 Å². The Morgan fingerprint density at radius 2 is 1.96 bits per heavy atom. The second-order valence-corrected chi connectivity index (χ2v) is 6.76. The summed E-state index contributed by atoms with van der Waals surface area (Å²) in [5.41, 5.74) is 3.72. The average molecular weight is 359 g/mol. The van der Waals surface area contributed by atoms with E-state index in [0.29, 0.717) is 21.7 Å². The van der Waals surface area contributed by atoms with E-state index in [2.05, 4.69) is 10.2 Å². The van der Waals surface area contributed by atoms with Gasteiger partial charge in [-0.3, -0.25) is 4.79 Å². The predicted octanol–water partition coefficient (Wildman–Crippen LogP) is 4.98. The van der Waals surface area contributed by atoms with Crippen LogP contribution in [-0.2, 0) is 0 Å². The van der Waals surface area contributed by atoms with Crippen LogP contribution in [0.25, 0.3) is 11.5 Å². The third-order valence-electron chi connectivity index (χ3n) is 3.63. The lowest BCUT2D eigenvalue weighted by molar-refractivity contribution is 0.102. The summed E-state index contributed by atoms with van der Waals surface area (Å²) in [6, 6.07) is 12.9. The Hall–Kier alpha value is -2.11. The highest BCUT2D eigenvalue weighted by Gasteiger charge is 2.13. The van der Waals surface area contributed by atoms with Gasteiger partial charge in [0.2, 0.25) is 5.89 Å². The second kappa shape index (κ2) is 7.20. The lowest BCUT2D eigenvalue weighted by Gasteiger charge is -2.03. The molecule has 0 saturated carbocycles. The van der Waals surface area contributed by atoms with Crippen LogP contribution in [0.15, 0.2) is 52.1 Å². The van der Waals surface area contributed by atoms with Crippen LogP contribution in [0, 0.1) is 13.8 Å². The summed E-state index contributed by atoms with van der Waals surface area (Å²) in [5, 5.41) is 8.93. The molecule has 0 amide bonds. The molecule has 4 nitrogen and oxygen atoms in total. The van der Waals surface area contributed by atoms with Crippen molar-refractivity contribution in [1.82, 2.24) is 10.2 Å². The first-order chi connectivity index (χ1) is 11.5. The molecule has 0 aliphatic rings. The summed E-state index contributed by atoms with van der Waals surface area (Å²) < 4.78 is 5.58. The number of aromatic nitrogens is 2. The van der Waals surface area contributed by atoms with Crippen molar-refractivity contribution >= 4 is 29.1 Å². The van der Waals surface area contributed by atoms with Crippen molar-refractivity contribution in [3.8, 4) is 11.5 Å². The van der Waals surface area contributed by atoms with E-state index in [1.165, 1.54) is 17.3 Å². The molecule has 0 fully saturated rings. The third kappa shape index (κ3) is 3.86. The topological polar surface area (TPSA) is 56.0 Å². The Bertz CT molecular complexity index is 892. The molecular formula is C18H15ClN2O2S. The van der Waals surface area contributed by atoms with Crippen molar-refractivity contribution in [1.29, 1.82) is 0 Å². The molecule has 0 unspecified atom stereocenters. The van der Waals surface area contributed by atoms with E-state index >= 15 is 0 Å². The molecule has 2 aromatic carbocycles. The minimum Gasteiger partial charge on any atom is -0.411 e. The molecule has 6 heteroatoms. The zero-order valence-corrected chi connectivity index (χ0v) is 14.8. The van der Waals surface area contributed by atoms with Crippen LogP contribution in [0.4, 0.5) is 0 Å². The van der Waals surface area contributed by atoms with E-state index in [9.17, 15) is 4.79 Å². The summed E-state index contributed by atoms with van der Waals surface area (Å²) in [6.45, 7) is 4.02. The van der Waals surface area contributed by atoms with Crippen molar-refractivity contribution in [3.63, 3.8) is 0 Å². The molecule has 1 heterocycles. The highest BCUT2D eigenvalue weighted by atomic mass is 35.5.